The van der Waals surface area contributed by atoms with E-state index in [0.717, 1.165) is 0 Å². The molecule has 23 heavy (non-hydrogen) atoms. The van der Waals surface area contributed by atoms with Gasteiger partial charge in [-0.05, 0) is 49.9 Å². The van der Waals surface area contributed by atoms with Gasteiger partial charge in [-0.15, -0.1) is 0 Å². The SMILES string of the molecule is CN(C(c1ccc(-c2ccccc2)cc1)C(C)(C)C)C(C)(C)C. The molecule has 0 aliphatic carbocycles. The smallest absolute Gasteiger partial charge is 0.0398 e. The molecule has 0 aliphatic rings. The van der Waals surface area contributed by atoms with Gasteiger partial charge in [0, 0.05) is 11.6 Å². The number of rotatable bonds is 3. The molecule has 0 amide bonds. The van der Waals surface area contributed by atoms with Crippen molar-refractivity contribution < 1.29 is 0 Å². The molecule has 0 radical (unpaired) electrons. The first-order valence-corrected chi connectivity index (χ1v) is 8.49. The van der Waals surface area contributed by atoms with Crippen LogP contribution in [0.2, 0.25) is 0 Å². The van der Waals surface area contributed by atoms with Gasteiger partial charge in [-0.25, -0.2) is 0 Å². The number of hydrogen-bond acceptors (Lipinski definition) is 1. The van der Waals surface area contributed by atoms with E-state index in [9.17, 15) is 0 Å². The normalized spacial score (nSPS) is 14.1. The molecule has 0 saturated carbocycles. The molecule has 2 rings (SSSR count). The summed E-state index contributed by atoms with van der Waals surface area (Å²) >= 11 is 0. The van der Waals surface area contributed by atoms with E-state index >= 15 is 0 Å². The highest BCUT2D eigenvalue weighted by Crippen LogP contribution is 2.40. The van der Waals surface area contributed by atoms with Gasteiger partial charge in [-0.1, -0.05) is 75.4 Å². The lowest BCUT2D eigenvalue weighted by Crippen LogP contribution is -2.45. The Balaban J connectivity index is 2.38. The Kier molecular flexibility index (Phi) is 5.01. The summed E-state index contributed by atoms with van der Waals surface area (Å²) in [6, 6.07) is 20.0. The van der Waals surface area contributed by atoms with Crippen molar-refractivity contribution in [3.63, 3.8) is 0 Å². The van der Waals surface area contributed by atoms with Gasteiger partial charge < -0.3 is 0 Å². The summed E-state index contributed by atoms with van der Waals surface area (Å²) in [7, 11) is 2.24. The largest absolute Gasteiger partial charge is 0.294 e. The summed E-state index contributed by atoms with van der Waals surface area (Å²) in [5.41, 5.74) is 4.25. The lowest BCUT2D eigenvalue weighted by Gasteiger charge is -2.45. The average molecular weight is 309 g/mol. The van der Waals surface area contributed by atoms with Crippen LogP contribution in [0, 0.1) is 5.41 Å². The van der Waals surface area contributed by atoms with E-state index in [1.165, 1.54) is 16.7 Å². The first-order valence-electron chi connectivity index (χ1n) is 8.49. The maximum atomic E-state index is 2.49. The highest BCUT2D eigenvalue weighted by Gasteiger charge is 2.34. The molecule has 0 aromatic heterocycles. The number of hydrogen-bond donors (Lipinski definition) is 0. The van der Waals surface area contributed by atoms with Crippen LogP contribution in [0.15, 0.2) is 54.6 Å². The van der Waals surface area contributed by atoms with Gasteiger partial charge in [-0.3, -0.25) is 4.90 Å². The zero-order chi connectivity index (χ0) is 17.3. The Labute approximate surface area is 142 Å². The molecule has 0 aliphatic heterocycles. The molecule has 0 saturated heterocycles. The van der Waals surface area contributed by atoms with Crippen LogP contribution in [0.3, 0.4) is 0 Å². The maximum absolute atomic E-state index is 2.49. The predicted octanol–water partition coefficient (Wildman–Crippen LogP) is 6.17. The van der Waals surface area contributed by atoms with Crippen molar-refractivity contribution in [1.29, 1.82) is 0 Å². The molecule has 0 fully saturated rings. The van der Waals surface area contributed by atoms with Crippen molar-refractivity contribution in [2.45, 2.75) is 53.1 Å². The number of nitrogens with zero attached hydrogens (tertiary/aromatic N) is 1. The highest BCUT2D eigenvalue weighted by atomic mass is 15.2. The van der Waals surface area contributed by atoms with E-state index < -0.39 is 0 Å². The quantitative estimate of drug-likeness (QED) is 0.655. The second-order valence-corrected chi connectivity index (χ2v) is 8.54. The fourth-order valence-corrected chi connectivity index (χ4v) is 3.18. The standard InChI is InChI=1S/C22H31N/c1-21(2,3)20(23(7)22(4,5)6)19-15-13-18(14-16-19)17-11-9-8-10-12-17/h8-16,20H,1-7H3. The van der Waals surface area contributed by atoms with E-state index in [4.69, 9.17) is 0 Å². The number of benzene rings is 2. The fraction of sp³-hybridized carbons (Fsp3) is 0.455. The molecule has 1 heteroatoms. The highest BCUT2D eigenvalue weighted by molar-refractivity contribution is 5.63. The summed E-state index contributed by atoms with van der Waals surface area (Å²) < 4.78 is 0. The molecule has 2 aromatic carbocycles. The van der Waals surface area contributed by atoms with E-state index in [1.54, 1.807) is 0 Å². The zero-order valence-electron chi connectivity index (χ0n) is 15.7. The lowest BCUT2D eigenvalue weighted by atomic mass is 9.79. The second-order valence-electron chi connectivity index (χ2n) is 8.54. The van der Waals surface area contributed by atoms with Crippen molar-refractivity contribution in [2.24, 2.45) is 5.41 Å². The van der Waals surface area contributed by atoms with E-state index in [2.05, 4.69) is 108 Å². The zero-order valence-corrected chi connectivity index (χ0v) is 15.7. The van der Waals surface area contributed by atoms with Crippen molar-refractivity contribution >= 4 is 0 Å². The molecule has 0 heterocycles. The molecule has 0 spiro atoms. The molecular weight excluding hydrogens is 278 g/mol. The van der Waals surface area contributed by atoms with E-state index in [0.29, 0.717) is 6.04 Å². The summed E-state index contributed by atoms with van der Waals surface area (Å²) in [5.74, 6) is 0. The van der Waals surface area contributed by atoms with Gasteiger partial charge in [0.1, 0.15) is 0 Å². The third-order valence-electron chi connectivity index (χ3n) is 4.60. The van der Waals surface area contributed by atoms with Crippen molar-refractivity contribution in [3.05, 3.63) is 60.2 Å². The van der Waals surface area contributed by atoms with Gasteiger partial charge in [0.2, 0.25) is 0 Å². The van der Waals surface area contributed by atoms with E-state index in [1.807, 2.05) is 0 Å². The molecule has 0 bridgehead atoms. The van der Waals surface area contributed by atoms with Crippen LogP contribution in [0.25, 0.3) is 11.1 Å². The Morgan fingerprint density at radius 2 is 1.17 bits per heavy atom. The van der Waals surface area contributed by atoms with Crippen LogP contribution in [0.4, 0.5) is 0 Å². The van der Waals surface area contributed by atoms with Crippen LogP contribution in [0.5, 0.6) is 0 Å². The van der Waals surface area contributed by atoms with Crippen molar-refractivity contribution in [3.8, 4) is 11.1 Å². The third-order valence-corrected chi connectivity index (χ3v) is 4.60. The minimum absolute atomic E-state index is 0.135. The first-order chi connectivity index (χ1) is 10.6. The molecule has 1 atom stereocenters. The predicted molar refractivity (Wildman–Crippen MR) is 102 cm³/mol. The average Bonchev–Trinajstić information content (AvgIpc) is 2.46. The summed E-state index contributed by atoms with van der Waals surface area (Å²) in [6.07, 6.45) is 0. The monoisotopic (exact) mass is 309 g/mol. The minimum atomic E-state index is 0.135. The topological polar surface area (TPSA) is 3.24 Å². The minimum Gasteiger partial charge on any atom is -0.294 e. The van der Waals surface area contributed by atoms with Gasteiger partial charge in [0.15, 0.2) is 0 Å². The van der Waals surface area contributed by atoms with E-state index in [-0.39, 0.29) is 11.0 Å². The summed E-state index contributed by atoms with van der Waals surface area (Å²) in [5, 5.41) is 0. The van der Waals surface area contributed by atoms with Gasteiger partial charge >= 0.3 is 0 Å². The van der Waals surface area contributed by atoms with Crippen LogP contribution in [-0.2, 0) is 0 Å². The van der Waals surface area contributed by atoms with Crippen molar-refractivity contribution in [2.75, 3.05) is 7.05 Å². The summed E-state index contributed by atoms with van der Waals surface area (Å²) in [6.45, 7) is 13.8. The maximum Gasteiger partial charge on any atom is 0.0398 e. The fourth-order valence-electron chi connectivity index (χ4n) is 3.18. The van der Waals surface area contributed by atoms with Gasteiger partial charge in [-0.2, -0.15) is 0 Å². The lowest BCUT2D eigenvalue weighted by molar-refractivity contribution is 0.0469. The first kappa shape index (κ1) is 17.7. The van der Waals surface area contributed by atoms with Crippen LogP contribution >= 0.6 is 0 Å². The molecular formula is C22H31N. The Morgan fingerprint density at radius 1 is 0.696 bits per heavy atom. The summed E-state index contributed by atoms with van der Waals surface area (Å²) in [4.78, 5) is 2.49. The van der Waals surface area contributed by atoms with Crippen LogP contribution in [-0.4, -0.2) is 17.5 Å². The molecule has 2 aromatic rings. The van der Waals surface area contributed by atoms with Gasteiger partial charge in [0.05, 0.1) is 0 Å². The van der Waals surface area contributed by atoms with Crippen molar-refractivity contribution in [1.82, 2.24) is 4.90 Å². The Bertz CT molecular complexity index is 612. The third kappa shape index (κ3) is 4.23. The van der Waals surface area contributed by atoms with Crippen LogP contribution in [0.1, 0.15) is 53.1 Å². The molecule has 1 nitrogen and oxygen atoms in total. The Hall–Kier alpha value is -1.60. The Morgan fingerprint density at radius 3 is 1.61 bits per heavy atom. The second kappa shape index (κ2) is 6.49. The molecule has 0 N–H and O–H groups in total. The van der Waals surface area contributed by atoms with Crippen LogP contribution < -0.4 is 0 Å². The molecule has 124 valence electrons. The molecule has 1 unspecified atom stereocenters. The van der Waals surface area contributed by atoms with Gasteiger partial charge in [0.25, 0.3) is 0 Å².